The third-order valence-corrected chi connectivity index (χ3v) is 6.53. The number of piperidine rings is 1. The normalized spacial score (nSPS) is 18.3. The Balaban J connectivity index is 1.65. The molecule has 1 saturated heterocycles. The van der Waals surface area contributed by atoms with Gasteiger partial charge in [-0.1, -0.05) is 19.1 Å². The summed E-state index contributed by atoms with van der Waals surface area (Å²) in [5.41, 5.74) is 2.58. The third-order valence-electron chi connectivity index (χ3n) is 6.53. The van der Waals surface area contributed by atoms with Crippen LogP contribution in [-0.2, 0) is 13.6 Å². The molecule has 1 aliphatic rings. The second-order valence-electron chi connectivity index (χ2n) is 8.70. The van der Waals surface area contributed by atoms with Crippen LogP contribution in [-0.4, -0.2) is 40.6 Å². The number of benzene rings is 1. The number of nitrogens with zero attached hydrogens (tertiary/aromatic N) is 6. The van der Waals surface area contributed by atoms with Crippen molar-refractivity contribution in [2.75, 3.05) is 25.0 Å². The predicted molar refractivity (Wildman–Crippen MR) is 124 cm³/mol. The summed E-state index contributed by atoms with van der Waals surface area (Å²) in [6.07, 6.45) is 0.832. The van der Waals surface area contributed by atoms with Gasteiger partial charge in [0.15, 0.2) is 0 Å². The highest BCUT2D eigenvalue weighted by molar-refractivity contribution is 5.92. The van der Waals surface area contributed by atoms with E-state index in [0.29, 0.717) is 36.4 Å². The van der Waals surface area contributed by atoms with Gasteiger partial charge in [-0.3, -0.25) is 9.69 Å². The highest BCUT2D eigenvalue weighted by Gasteiger charge is 2.32. The number of anilines is 1. The first-order valence-electron chi connectivity index (χ1n) is 10.9. The van der Waals surface area contributed by atoms with Crippen LogP contribution in [0, 0.1) is 34.4 Å². The molecule has 2 aromatic heterocycles. The Morgan fingerprint density at radius 1 is 1.18 bits per heavy atom. The fourth-order valence-corrected chi connectivity index (χ4v) is 4.85. The molecule has 0 bridgehead atoms. The Labute approximate surface area is 191 Å². The van der Waals surface area contributed by atoms with Crippen LogP contribution < -0.4 is 10.5 Å². The lowest BCUT2D eigenvalue weighted by molar-refractivity contribution is 0.152. The quantitative estimate of drug-likeness (QED) is 0.614. The van der Waals surface area contributed by atoms with Crippen molar-refractivity contribution in [2.24, 2.45) is 13.0 Å². The zero-order chi connectivity index (χ0) is 23.7. The van der Waals surface area contributed by atoms with Crippen molar-refractivity contribution in [3.63, 3.8) is 0 Å². The van der Waals surface area contributed by atoms with E-state index in [-0.39, 0.29) is 34.6 Å². The van der Waals surface area contributed by atoms with E-state index in [1.165, 1.54) is 16.7 Å². The first kappa shape index (κ1) is 22.4. The molecule has 0 radical (unpaired) electrons. The Hall–Kier alpha value is -3.75. The van der Waals surface area contributed by atoms with Crippen molar-refractivity contribution < 1.29 is 4.39 Å². The van der Waals surface area contributed by atoms with Crippen LogP contribution >= 0.6 is 0 Å². The molecule has 0 spiro atoms. The minimum absolute atomic E-state index is 0.0536. The molecule has 3 heterocycles. The second kappa shape index (κ2) is 9.01. The molecule has 1 aliphatic heterocycles. The Morgan fingerprint density at radius 3 is 2.55 bits per heavy atom. The van der Waals surface area contributed by atoms with Gasteiger partial charge in [-0.25, -0.2) is 9.37 Å². The van der Waals surface area contributed by atoms with Crippen molar-refractivity contribution >= 4 is 16.7 Å². The Morgan fingerprint density at radius 2 is 1.91 bits per heavy atom. The lowest BCUT2D eigenvalue weighted by Crippen LogP contribution is -2.49. The summed E-state index contributed by atoms with van der Waals surface area (Å²) in [5, 5.41) is 19.1. The summed E-state index contributed by atoms with van der Waals surface area (Å²) in [6, 6.07) is 14.3. The van der Waals surface area contributed by atoms with E-state index < -0.39 is 0 Å². The van der Waals surface area contributed by atoms with Crippen LogP contribution in [0.2, 0.25) is 0 Å². The van der Waals surface area contributed by atoms with Crippen LogP contribution in [0.1, 0.15) is 30.2 Å². The van der Waals surface area contributed by atoms with Gasteiger partial charge in [0.05, 0.1) is 11.2 Å². The van der Waals surface area contributed by atoms with E-state index in [9.17, 15) is 19.7 Å². The van der Waals surface area contributed by atoms with Crippen molar-refractivity contribution in [2.45, 2.75) is 25.9 Å². The maximum atomic E-state index is 13.2. The van der Waals surface area contributed by atoms with Gasteiger partial charge in [-0.05, 0) is 49.2 Å². The first-order chi connectivity index (χ1) is 15.8. The number of aromatic nitrogens is 2. The van der Waals surface area contributed by atoms with Crippen LogP contribution in [0.25, 0.3) is 11.0 Å². The number of hydrogen-bond acceptors (Lipinski definition) is 6. The van der Waals surface area contributed by atoms with Crippen LogP contribution in [0.15, 0.2) is 41.2 Å². The van der Waals surface area contributed by atoms with Gasteiger partial charge in [-0.15, -0.1) is 0 Å². The zero-order valence-electron chi connectivity index (χ0n) is 18.9. The number of halogens is 1. The molecular weight excluding hydrogens is 419 g/mol. The first-order valence-corrected chi connectivity index (χ1v) is 10.9. The van der Waals surface area contributed by atoms with E-state index in [1.54, 1.807) is 31.3 Å². The molecule has 3 aromatic rings. The van der Waals surface area contributed by atoms with Crippen molar-refractivity contribution in [1.29, 1.82) is 10.5 Å². The third kappa shape index (κ3) is 4.18. The summed E-state index contributed by atoms with van der Waals surface area (Å²) < 4.78 is 14.6. The van der Waals surface area contributed by atoms with Crippen molar-refractivity contribution in [1.82, 2.24) is 14.5 Å². The maximum absolute atomic E-state index is 13.2. The largest absolute Gasteiger partial charge is 0.368 e. The molecule has 33 heavy (non-hydrogen) atoms. The van der Waals surface area contributed by atoms with E-state index >= 15 is 0 Å². The van der Waals surface area contributed by atoms with Gasteiger partial charge in [0, 0.05) is 32.7 Å². The topological polar surface area (TPSA) is 88.9 Å². The molecule has 0 saturated carbocycles. The summed E-state index contributed by atoms with van der Waals surface area (Å²) in [5.74, 6) is -0.000213. The van der Waals surface area contributed by atoms with E-state index in [2.05, 4.69) is 34.8 Å². The van der Waals surface area contributed by atoms with Crippen LogP contribution in [0.4, 0.5) is 10.1 Å². The number of pyridine rings is 2. The molecule has 0 unspecified atom stereocenters. The fraction of sp³-hybridized carbons (Fsp3) is 0.360. The minimum atomic E-state index is -0.366. The van der Waals surface area contributed by atoms with Gasteiger partial charge in [0.1, 0.15) is 34.7 Å². The van der Waals surface area contributed by atoms with Crippen molar-refractivity contribution in [3.8, 4) is 12.1 Å². The molecular formula is C25H25FN6O. The Kier molecular flexibility index (Phi) is 6.13. The van der Waals surface area contributed by atoms with Gasteiger partial charge < -0.3 is 9.47 Å². The van der Waals surface area contributed by atoms with Crippen LogP contribution in [0.5, 0.6) is 0 Å². The molecule has 0 aliphatic carbocycles. The van der Waals surface area contributed by atoms with E-state index in [4.69, 9.17) is 0 Å². The Bertz CT molecular complexity index is 1330. The number of rotatable bonds is 4. The van der Waals surface area contributed by atoms with Gasteiger partial charge in [0.25, 0.3) is 5.56 Å². The molecule has 7 nitrogen and oxygen atoms in total. The average molecular weight is 445 g/mol. The van der Waals surface area contributed by atoms with E-state index in [1.807, 2.05) is 6.07 Å². The highest BCUT2D eigenvalue weighted by Crippen LogP contribution is 2.32. The fourth-order valence-electron chi connectivity index (χ4n) is 4.85. The van der Waals surface area contributed by atoms with Gasteiger partial charge in [0.2, 0.25) is 0 Å². The molecule has 0 N–H and O–H groups in total. The SMILES string of the molecule is C[C@@H]1CN(c2c(C#N)c(=O)n(C)c3ccc(C#N)nc23)CC[C@H]1N(C)Cc1ccc(F)cc1. The lowest BCUT2D eigenvalue weighted by atomic mass is 9.91. The second-order valence-corrected chi connectivity index (χ2v) is 8.70. The minimum Gasteiger partial charge on any atom is -0.368 e. The highest BCUT2D eigenvalue weighted by atomic mass is 19.1. The summed E-state index contributed by atoms with van der Waals surface area (Å²) in [7, 11) is 3.68. The standard InChI is InChI=1S/C25H25FN6O/c1-16-14-32(11-10-21(16)30(2)15-17-4-6-18(26)7-5-17)24-20(13-28)25(33)31(3)22-9-8-19(12-27)29-23(22)24/h4-9,16,21H,10-11,14-15H2,1-3H3/t16-,21-/m1/s1. The smallest absolute Gasteiger partial charge is 0.270 e. The molecule has 2 atom stereocenters. The van der Waals surface area contributed by atoms with Crippen LogP contribution in [0.3, 0.4) is 0 Å². The molecule has 0 amide bonds. The maximum Gasteiger partial charge on any atom is 0.270 e. The van der Waals surface area contributed by atoms with Gasteiger partial charge in [-0.2, -0.15) is 10.5 Å². The molecule has 8 heteroatoms. The summed E-state index contributed by atoms with van der Waals surface area (Å²) in [6.45, 7) is 4.16. The molecule has 1 aromatic carbocycles. The summed E-state index contributed by atoms with van der Waals surface area (Å²) >= 11 is 0. The van der Waals surface area contributed by atoms with Crippen molar-refractivity contribution in [3.05, 3.63) is 69.4 Å². The monoisotopic (exact) mass is 444 g/mol. The molecule has 168 valence electrons. The zero-order valence-corrected chi connectivity index (χ0v) is 18.9. The molecule has 4 rings (SSSR count). The predicted octanol–water partition coefficient (Wildman–Crippen LogP) is 3.16. The lowest BCUT2D eigenvalue weighted by Gasteiger charge is -2.42. The van der Waals surface area contributed by atoms with Gasteiger partial charge >= 0.3 is 0 Å². The number of nitriles is 2. The number of fused-ring (bicyclic) bond motifs is 1. The van der Waals surface area contributed by atoms with E-state index in [0.717, 1.165) is 12.0 Å². The number of aryl methyl sites for hydroxylation is 1. The number of hydrogen-bond donors (Lipinski definition) is 0. The summed E-state index contributed by atoms with van der Waals surface area (Å²) in [4.78, 5) is 21.7. The molecule has 1 fully saturated rings. The average Bonchev–Trinajstić information content (AvgIpc) is 2.82.